The number of amides is 2. The Labute approximate surface area is 181 Å². The van der Waals surface area contributed by atoms with E-state index >= 15 is 0 Å². The molecule has 1 aromatic heterocycles. The Morgan fingerprint density at radius 2 is 1.90 bits per heavy atom. The zero-order valence-electron chi connectivity index (χ0n) is 17.6. The Morgan fingerprint density at radius 3 is 2.52 bits per heavy atom. The number of carbonyl (C=O) groups excluding carboxylic acids is 1. The number of morpholine rings is 1. The number of hydrogen-bond acceptors (Lipinski definition) is 8. The maximum Gasteiger partial charge on any atom is 0.321 e. The molecule has 1 aliphatic rings. The van der Waals surface area contributed by atoms with E-state index in [0.29, 0.717) is 54.9 Å². The summed E-state index contributed by atoms with van der Waals surface area (Å²) in [6.07, 6.45) is 1.18. The topological polar surface area (TPSA) is 125 Å². The molecule has 2 aromatic rings. The normalized spacial score (nSPS) is 14.4. The van der Waals surface area contributed by atoms with Crippen LogP contribution in [-0.2, 0) is 20.3 Å². The molecule has 0 aliphatic carbocycles. The summed E-state index contributed by atoms with van der Waals surface area (Å²) < 4.78 is 29.1. The number of aliphatic hydroxyl groups is 1. The van der Waals surface area contributed by atoms with Crippen LogP contribution in [0.2, 0.25) is 0 Å². The van der Waals surface area contributed by atoms with Crippen LogP contribution in [0.15, 0.2) is 30.3 Å². The smallest absolute Gasteiger partial charge is 0.321 e. The molecule has 2 heterocycles. The van der Waals surface area contributed by atoms with Gasteiger partial charge in [0.05, 0.1) is 31.3 Å². The number of sulfone groups is 1. The highest BCUT2D eigenvalue weighted by Crippen LogP contribution is 2.23. The molecule has 0 bridgehead atoms. The number of anilines is 2. The summed E-state index contributed by atoms with van der Waals surface area (Å²) in [5, 5.41) is 11.7. The molecule has 2 amide bonds. The van der Waals surface area contributed by atoms with E-state index < -0.39 is 9.84 Å². The van der Waals surface area contributed by atoms with Crippen molar-refractivity contribution >= 4 is 27.4 Å². The number of ether oxygens (including phenoxy) is 1. The molecule has 0 atom stereocenters. The van der Waals surface area contributed by atoms with E-state index in [1.54, 1.807) is 37.4 Å². The van der Waals surface area contributed by atoms with Crippen LogP contribution in [0.4, 0.5) is 16.3 Å². The van der Waals surface area contributed by atoms with Crippen molar-refractivity contribution < 1.29 is 23.1 Å². The Balaban J connectivity index is 1.86. The molecule has 168 valence electrons. The van der Waals surface area contributed by atoms with Gasteiger partial charge in [-0.1, -0.05) is 0 Å². The predicted octanol–water partition coefficient (Wildman–Crippen LogP) is 0.981. The van der Waals surface area contributed by atoms with Crippen molar-refractivity contribution in [1.82, 2.24) is 14.9 Å². The van der Waals surface area contributed by atoms with Gasteiger partial charge in [0.15, 0.2) is 15.7 Å². The third-order valence-electron chi connectivity index (χ3n) is 4.69. The fourth-order valence-corrected chi connectivity index (χ4v) is 3.77. The van der Waals surface area contributed by atoms with Gasteiger partial charge >= 0.3 is 6.03 Å². The molecular weight excluding hydrogens is 422 g/mol. The Kier molecular flexibility index (Phi) is 7.42. The summed E-state index contributed by atoms with van der Waals surface area (Å²) in [6.45, 7) is 2.62. The Bertz CT molecular complexity index is 1010. The standard InChI is InChI=1S/C20H27N5O5S/c1-24(7-10-26)20(27)22-16-5-3-15(4-6-16)19-21-17(14-31(2,28)29)13-18(23-19)25-8-11-30-12-9-25/h3-6,13,26H,7-12,14H2,1-2H3,(H,22,27). The largest absolute Gasteiger partial charge is 0.395 e. The first-order chi connectivity index (χ1) is 14.7. The molecular formula is C20H27N5O5S. The summed E-state index contributed by atoms with van der Waals surface area (Å²) in [5.74, 6) is 0.901. The van der Waals surface area contributed by atoms with Gasteiger partial charge in [-0.05, 0) is 24.3 Å². The number of carbonyl (C=O) groups is 1. The van der Waals surface area contributed by atoms with E-state index in [0.717, 1.165) is 0 Å². The highest BCUT2D eigenvalue weighted by molar-refractivity contribution is 7.89. The lowest BCUT2D eigenvalue weighted by atomic mass is 10.2. The van der Waals surface area contributed by atoms with Crippen LogP contribution in [0.25, 0.3) is 11.4 Å². The lowest BCUT2D eigenvalue weighted by Gasteiger charge is -2.28. The monoisotopic (exact) mass is 449 g/mol. The average molecular weight is 450 g/mol. The molecule has 31 heavy (non-hydrogen) atoms. The SMILES string of the molecule is CN(CCO)C(=O)Nc1ccc(-c2nc(CS(C)(=O)=O)cc(N3CCOCC3)n2)cc1. The second kappa shape index (κ2) is 10.0. The van der Waals surface area contributed by atoms with Gasteiger partial charge in [0.25, 0.3) is 0 Å². The number of hydrogen-bond donors (Lipinski definition) is 2. The van der Waals surface area contributed by atoms with Gasteiger partial charge in [-0.15, -0.1) is 0 Å². The van der Waals surface area contributed by atoms with Gasteiger partial charge in [-0.25, -0.2) is 23.2 Å². The van der Waals surface area contributed by atoms with Crippen LogP contribution >= 0.6 is 0 Å². The molecule has 1 aromatic carbocycles. The van der Waals surface area contributed by atoms with E-state index in [1.165, 1.54) is 11.2 Å². The van der Waals surface area contributed by atoms with E-state index in [1.807, 2.05) is 4.90 Å². The highest BCUT2D eigenvalue weighted by Gasteiger charge is 2.17. The molecule has 1 saturated heterocycles. The minimum atomic E-state index is -3.26. The Morgan fingerprint density at radius 1 is 1.23 bits per heavy atom. The summed E-state index contributed by atoms with van der Waals surface area (Å²) in [6, 6.07) is 8.36. The van der Waals surface area contributed by atoms with Crippen LogP contribution in [0.3, 0.4) is 0 Å². The summed E-state index contributed by atoms with van der Waals surface area (Å²) in [7, 11) is -1.67. The maximum absolute atomic E-state index is 12.1. The zero-order chi connectivity index (χ0) is 22.4. The zero-order valence-corrected chi connectivity index (χ0v) is 18.4. The lowest BCUT2D eigenvalue weighted by molar-refractivity contribution is 0.122. The first-order valence-corrected chi connectivity index (χ1v) is 11.9. The third kappa shape index (κ3) is 6.61. The minimum Gasteiger partial charge on any atom is -0.395 e. The molecule has 3 rings (SSSR count). The second-order valence-electron chi connectivity index (χ2n) is 7.36. The summed E-state index contributed by atoms with van der Waals surface area (Å²) in [4.78, 5) is 24.6. The highest BCUT2D eigenvalue weighted by atomic mass is 32.2. The van der Waals surface area contributed by atoms with Crippen molar-refractivity contribution in [1.29, 1.82) is 0 Å². The molecule has 1 aliphatic heterocycles. The van der Waals surface area contributed by atoms with Crippen molar-refractivity contribution in [2.24, 2.45) is 0 Å². The van der Waals surface area contributed by atoms with Crippen molar-refractivity contribution in [3.05, 3.63) is 36.0 Å². The summed E-state index contributed by atoms with van der Waals surface area (Å²) >= 11 is 0. The quantitative estimate of drug-likeness (QED) is 0.641. The van der Waals surface area contributed by atoms with Gasteiger partial charge in [0, 0.05) is 50.3 Å². The molecule has 11 heteroatoms. The predicted molar refractivity (Wildman–Crippen MR) is 118 cm³/mol. The lowest BCUT2D eigenvalue weighted by Crippen LogP contribution is -2.37. The molecule has 10 nitrogen and oxygen atoms in total. The third-order valence-corrected chi connectivity index (χ3v) is 5.51. The molecule has 0 unspecified atom stereocenters. The first kappa shape index (κ1) is 22.9. The molecule has 2 N–H and O–H groups in total. The fraction of sp³-hybridized carbons (Fsp3) is 0.450. The van der Waals surface area contributed by atoms with Gasteiger partial charge < -0.3 is 25.0 Å². The van der Waals surface area contributed by atoms with Gasteiger partial charge in [-0.2, -0.15) is 0 Å². The van der Waals surface area contributed by atoms with E-state index in [4.69, 9.17) is 9.84 Å². The number of aliphatic hydroxyl groups excluding tert-OH is 1. The number of urea groups is 1. The van der Waals surface area contributed by atoms with Crippen LogP contribution in [0.5, 0.6) is 0 Å². The number of rotatable bonds is 7. The minimum absolute atomic E-state index is 0.116. The van der Waals surface area contributed by atoms with Crippen molar-refractivity contribution in [3.63, 3.8) is 0 Å². The van der Waals surface area contributed by atoms with Crippen molar-refractivity contribution in [3.8, 4) is 11.4 Å². The van der Waals surface area contributed by atoms with Crippen molar-refractivity contribution in [2.45, 2.75) is 5.75 Å². The summed E-state index contributed by atoms with van der Waals surface area (Å²) in [5.41, 5.74) is 1.71. The van der Waals surface area contributed by atoms with Gasteiger partial charge in [0.1, 0.15) is 5.82 Å². The number of benzene rings is 1. The van der Waals surface area contributed by atoms with Gasteiger partial charge in [-0.3, -0.25) is 0 Å². The number of nitrogens with one attached hydrogen (secondary N) is 1. The molecule has 0 radical (unpaired) electrons. The maximum atomic E-state index is 12.1. The molecule has 0 spiro atoms. The van der Waals surface area contributed by atoms with Crippen LogP contribution in [-0.4, -0.2) is 87.2 Å². The fourth-order valence-electron chi connectivity index (χ4n) is 3.08. The van der Waals surface area contributed by atoms with Crippen LogP contribution in [0, 0.1) is 0 Å². The molecule has 1 fully saturated rings. The van der Waals surface area contributed by atoms with E-state index in [9.17, 15) is 13.2 Å². The molecule has 0 saturated carbocycles. The Hall–Kier alpha value is -2.76. The van der Waals surface area contributed by atoms with Gasteiger partial charge in [0.2, 0.25) is 0 Å². The van der Waals surface area contributed by atoms with E-state index in [-0.39, 0.29) is 24.9 Å². The van der Waals surface area contributed by atoms with Crippen LogP contribution in [0.1, 0.15) is 5.69 Å². The number of nitrogens with zero attached hydrogens (tertiary/aromatic N) is 4. The number of likely N-dealkylation sites (N-methyl/N-ethyl adjacent to an activating group) is 1. The average Bonchev–Trinajstić information content (AvgIpc) is 2.73. The van der Waals surface area contributed by atoms with Crippen LogP contribution < -0.4 is 10.2 Å². The first-order valence-electron chi connectivity index (χ1n) is 9.87. The number of aromatic nitrogens is 2. The second-order valence-corrected chi connectivity index (χ2v) is 9.50. The van der Waals surface area contributed by atoms with Crippen molar-refractivity contribution in [2.75, 3.05) is 63.0 Å². The van der Waals surface area contributed by atoms with E-state index in [2.05, 4.69) is 15.3 Å².